The minimum atomic E-state index is -0.864. The number of hydrogen-bond donors (Lipinski definition) is 1. The van der Waals surface area contributed by atoms with E-state index in [1.807, 2.05) is 11.9 Å². The molecule has 0 saturated carbocycles. The van der Waals surface area contributed by atoms with Crippen LogP contribution in [-0.2, 0) is 11.3 Å². The average molecular weight is 279 g/mol. The molecule has 2 rings (SSSR count). The number of aromatic nitrogens is 2. The fourth-order valence-electron chi connectivity index (χ4n) is 2.05. The molecule has 0 unspecified atom stereocenters. The van der Waals surface area contributed by atoms with Gasteiger partial charge in [-0.1, -0.05) is 4.68 Å². The molecular weight excluding hydrogens is 260 g/mol. The van der Waals surface area contributed by atoms with Gasteiger partial charge >= 0.3 is 5.97 Å². The summed E-state index contributed by atoms with van der Waals surface area (Å²) in [6.07, 6.45) is 3.16. The van der Waals surface area contributed by atoms with E-state index in [2.05, 4.69) is 10.00 Å². The minimum absolute atomic E-state index is 0.0173. The number of nitrogens with zero attached hydrogens (tertiary/aromatic N) is 4. The Morgan fingerprint density at radius 1 is 1.35 bits per heavy atom. The van der Waals surface area contributed by atoms with Crippen LogP contribution >= 0.6 is 0 Å². The molecule has 1 N–H and O–H groups in total. The Labute approximate surface area is 117 Å². The van der Waals surface area contributed by atoms with E-state index in [-0.39, 0.29) is 12.3 Å². The lowest BCUT2D eigenvalue weighted by Gasteiger charge is -2.32. The Kier molecular flexibility index (Phi) is 4.62. The fraction of sp³-hybridized carbons (Fsp3) is 0.538. The summed E-state index contributed by atoms with van der Waals surface area (Å²) in [6.45, 7) is 3.51. The third-order valence-electron chi connectivity index (χ3n) is 3.36. The van der Waals surface area contributed by atoms with Crippen LogP contribution in [0.4, 0.5) is 0 Å². The summed E-state index contributed by atoms with van der Waals surface area (Å²) in [5, 5.41) is 12.7. The maximum atomic E-state index is 12.2. The molecule has 1 aromatic heterocycles. The molecule has 7 nitrogen and oxygen atoms in total. The Balaban J connectivity index is 1.95. The van der Waals surface area contributed by atoms with Gasteiger partial charge in [0.15, 0.2) is 12.7 Å². The second kappa shape index (κ2) is 6.42. The van der Waals surface area contributed by atoms with Crippen molar-refractivity contribution in [2.45, 2.75) is 13.0 Å². The maximum Gasteiger partial charge on any atom is 0.309 e. The third kappa shape index (κ3) is 3.74. The lowest BCUT2D eigenvalue weighted by molar-refractivity contribution is -0.753. The molecule has 0 spiro atoms. The van der Waals surface area contributed by atoms with Gasteiger partial charge in [0.25, 0.3) is 5.91 Å². The quantitative estimate of drug-likeness (QED) is 0.732. The number of likely N-dealkylation sites (N-methyl/N-ethyl adjacent to an activating group) is 1. The van der Waals surface area contributed by atoms with E-state index in [0.717, 1.165) is 26.2 Å². The molecule has 1 amide bonds. The number of carbonyl (C=O) groups is 2. The minimum Gasteiger partial charge on any atom is -0.481 e. The Morgan fingerprint density at radius 3 is 2.60 bits per heavy atom. The maximum absolute atomic E-state index is 12.2. The SMILES string of the molecule is CN1CCN(C(=O)c2cc[n+](CCC(=O)O)nc2)CC1. The predicted octanol–water partition coefficient (Wildman–Crippen LogP) is -0.769. The zero-order chi connectivity index (χ0) is 14.5. The van der Waals surface area contributed by atoms with Crippen LogP contribution < -0.4 is 4.68 Å². The van der Waals surface area contributed by atoms with Gasteiger partial charge < -0.3 is 14.9 Å². The van der Waals surface area contributed by atoms with Crippen molar-refractivity contribution in [2.75, 3.05) is 33.2 Å². The summed E-state index contributed by atoms with van der Waals surface area (Å²) in [7, 11) is 2.04. The normalized spacial score (nSPS) is 16.1. The standard InChI is InChI=1S/C13H18N4O3/c1-15-6-8-16(9-7-15)13(20)11-2-4-17(14-10-11)5-3-12(18)19/h2,4,10H,3,5-9H2,1H3/p+1. The van der Waals surface area contributed by atoms with Crippen molar-refractivity contribution in [3.63, 3.8) is 0 Å². The van der Waals surface area contributed by atoms with Crippen LogP contribution in [0.5, 0.6) is 0 Å². The number of aryl methyl sites for hydroxylation is 1. The summed E-state index contributed by atoms with van der Waals surface area (Å²) >= 11 is 0. The topological polar surface area (TPSA) is 77.6 Å². The molecule has 0 aromatic carbocycles. The van der Waals surface area contributed by atoms with Crippen molar-refractivity contribution in [1.29, 1.82) is 0 Å². The number of aliphatic carboxylic acids is 1. The van der Waals surface area contributed by atoms with Gasteiger partial charge in [0.05, 0.1) is 5.56 Å². The van der Waals surface area contributed by atoms with Crippen molar-refractivity contribution in [3.05, 3.63) is 24.0 Å². The average Bonchev–Trinajstić information content (AvgIpc) is 2.46. The molecule has 7 heteroatoms. The summed E-state index contributed by atoms with van der Waals surface area (Å²) in [4.78, 5) is 26.7. The fourth-order valence-corrected chi connectivity index (χ4v) is 2.05. The highest BCUT2D eigenvalue weighted by Crippen LogP contribution is 2.05. The van der Waals surface area contributed by atoms with Gasteiger partial charge in [-0.3, -0.25) is 9.59 Å². The number of carboxylic acid groups (broad SMARTS) is 1. The highest BCUT2D eigenvalue weighted by atomic mass is 16.4. The molecule has 0 aliphatic carbocycles. The molecule has 1 fully saturated rings. The smallest absolute Gasteiger partial charge is 0.309 e. The van der Waals surface area contributed by atoms with Crippen LogP contribution in [0.25, 0.3) is 0 Å². The third-order valence-corrected chi connectivity index (χ3v) is 3.36. The zero-order valence-corrected chi connectivity index (χ0v) is 11.5. The molecule has 0 bridgehead atoms. The first-order valence-electron chi connectivity index (χ1n) is 6.61. The second-order valence-electron chi connectivity index (χ2n) is 4.92. The summed E-state index contributed by atoms with van der Waals surface area (Å²) in [6, 6.07) is 1.69. The van der Waals surface area contributed by atoms with E-state index < -0.39 is 5.97 Å². The molecule has 108 valence electrons. The van der Waals surface area contributed by atoms with E-state index in [1.165, 1.54) is 10.9 Å². The van der Waals surface area contributed by atoms with Crippen LogP contribution in [0.2, 0.25) is 0 Å². The van der Waals surface area contributed by atoms with Gasteiger partial charge in [-0.05, 0) is 12.1 Å². The number of carbonyl (C=O) groups excluding carboxylic acids is 1. The Bertz CT molecular complexity index is 481. The van der Waals surface area contributed by atoms with Gasteiger partial charge in [-0.25, -0.2) is 0 Å². The van der Waals surface area contributed by atoms with E-state index in [0.29, 0.717) is 12.1 Å². The van der Waals surface area contributed by atoms with Crippen molar-refractivity contribution in [1.82, 2.24) is 14.9 Å². The van der Waals surface area contributed by atoms with Crippen LogP contribution in [0, 0.1) is 0 Å². The number of piperazine rings is 1. The lowest BCUT2D eigenvalue weighted by atomic mass is 10.2. The molecular formula is C13H19N4O3+. The first-order chi connectivity index (χ1) is 9.56. The van der Waals surface area contributed by atoms with Crippen molar-refractivity contribution in [2.24, 2.45) is 0 Å². The number of hydrogen-bond acceptors (Lipinski definition) is 4. The van der Waals surface area contributed by atoms with Gasteiger partial charge in [0.2, 0.25) is 0 Å². The summed E-state index contributed by atoms with van der Waals surface area (Å²) in [5.74, 6) is -0.882. The van der Waals surface area contributed by atoms with Gasteiger partial charge in [0.1, 0.15) is 12.6 Å². The van der Waals surface area contributed by atoms with Crippen molar-refractivity contribution < 1.29 is 19.4 Å². The van der Waals surface area contributed by atoms with Crippen LogP contribution in [0.1, 0.15) is 16.8 Å². The van der Waals surface area contributed by atoms with Crippen LogP contribution in [-0.4, -0.2) is 65.1 Å². The van der Waals surface area contributed by atoms with Crippen molar-refractivity contribution in [3.8, 4) is 0 Å². The number of carboxylic acids is 1. The number of rotatable bonds is 4. The summed E-state index contributed by atoms with van der Waals surface area (Å²) < 4.78 is 1.52. The molecule has 1 aliphatic rings. The molecule has 20 heavy (non-hydrogen) atoms. The molecule has 0 radical (unpaired) electrons. The Morgan fingerprint density at radius 2 is 2.05 bits per heavy atom. The molecule has 2 heterocycles. The van der Waals surface area contributed by atoms with Crippen molar-refractivity contribution >= 4 is 11.9 Å². The molecule has 1 aliphatic heterocycles. The summed E-state index contributed by atoms with van der Waals surface area (Å²) in [5.41, 5.74) is 0.543. The zero-order valence-electron chi connectivity index (χ0n) is 11.5. The van der Waals surface area contributed by atoms with E-state index in [1.54, 1.807) is 12.3 Å². The van der Waals surface area contributed by atoms with Crippen LogP contribution in [0.3, 0.4) is 0 Å². The van der Waals surface area contributed by atoms with Gasteiger partial charge in [-0.2, -0.15) is 0 Å². The molecule has 0 atom stereocenters. The number of amides is 1. The highest BCUT2D eigenvalue weighted by Gasteiger charge is 2.21. The Hall–Kier alpha value is -2.02. The van der Waals surface area contributed by atoms with Crippen LogP contribution in [0.15, 0.2) is 18.5 Å². The predicted molar refractivity (Wildman–Crippen MR) is 70.1 cm³/mol. The van der Waals surface area contributed by atoms with Gasteiger partial charge in [-0.15, -0.1) is 0 Å². The van der Waals surface area contributed by atoms with E-state index in [4.69, 9.17) is 5.11 Å². The van der Waals surface area contributed by atoms with E-state index >= 15 is 0 Å². The monoisotopic (exact) mass is 279 g/mol. The molecule has 1 aromatic rings. The first-order valence-corrected chi connectivity index (χ1v) is 6.61. The van der Waals surface area contributed by atoms with E-state index in [9.17, 15) is 9.59 Å². The van der Waals surface area contributed by atoms with Gasteiger partial charge in [0, 0.05) is 32.2 Å². The lowest BCUT2D eigenvalue weighted by Crippen LogP contribution is -2.47. The second-order valence-corrected chi connectivity index (χ2v) is 4.92. The highest BCUT2D eigenvalue weighted by molar-refractivity contribution is 5.93. The first kappa shape index (κ1) is 14.4. The largest absolute Gasteiger partial charge is 0.481 e. The molecule has 1 saturated heterocycles.